The number of Topliss-reactive ketones (excluding diaryl/α,β-unsaturated/α-hetero) is 1. The summed E-state index contributed by atoms with van der Waals surface area (Å²) in [4.78, 5) is 49.6. The lowest BCUT2D eigenvalue weighted by Crippen LogP contribution is -2.49. The number of aryl methyl sites for hydroxylation is 1. The van der Waals surface area contributed by atoms with Crippen molar-refractivity contribution in [3.63, 3.8) is 0 Å². The zero-order valence-electron chi connectivity index (χ0n) is 25.8. The molecule has 0 aliphatic carbocycles. The second kappa shape index (κ2) is 14.3. The fourth-order valence-corrected chi connectivity index (χ4v) is 5.61. The number of ketones is 1. The average molecular weight is 611 g/mol. The molecule has 1 amide bonds. The van der Waals surface area contributed by atoms with Gasteiger partial charge in [-0.15, -0.1) is 0 Å². The second-order valence-corrected chi connectivity index (χ2v) is 11.1. The number of carbonyl (C=O) groups is 3. The summed E-state index contributed by atoms with van der Waals surface area (Å²) in [7, 11) is 2.96. The number of rotatable bonds is 11. The van der Waals surface area contributed by atoms with E-state index in [0.717, 1.165) is 12.0 Å². The molecule has 10 heteroatoms. The second-order valence-electron chi connectivity index (χ2n) is 11.1. The molecule has 1 saturated heterocycles. The molecule has 1 aliphatic heterocycles. The Kier molecular flexibility index (Phi) is 10.1. The third kappa shape index (κ3) is 7.30. The smallest absolute Gasteiger partial charge is 0.338 e. The van der Waals surface area contributed by atoms with Crippen LogP contribution in [0, 0.1) is 6.92 Å². The quantitative estimate of drug-likeness (QED) is 0.141. The summed E-state index contributed by atoms with van der Waals surface area (Å²) in [6.45, 7) is 5.21. The van der Waals surface area contributed by atoms with Gasteiger partial charge in [0.2, 0.25) is 0 Å². The van der Waals surface area contributed by atoms with Crippen molar-refractivity contribution in [2.45, 2.75) is 19.8 Å². The van der Waals surface area contributed by atoms with E-state index in [1.54, 1.807) is 37.4 Å². The van der Waals surface area contributed by atoms with Gasteiger partial charge in [0.05, 0.1) is 36.2 Å². The zero-order chi connectivity index (χ0) is 31.9. The molecule has 2 N–H and O–H groups in total. The predicted octanol–water partition coefficient (Wildman–Crippen LogP) is 4.89. The SMILES string of the molecule is COCCCC(=O)CN1CCN(C(=O)c2ccc(N=C(c3ccccc3)c3c(O)[nH]c4cc(C(=O)OC)c(C)cc34)cc2)CC1. The number of aromatic nitrogens is 1. The highest BCUT2D eigenvalue weighted by Crippen LogP contribution is 2.33. The summed E-state index contributed by atoms with van der Waals surface area (Å²) < 4.78 is 9.94. The van der Waals surface area contributed by atoms with Gasteiger partial charge in [0.25, 0.3) is 5.91 Å². The Labute approximate surface area is 262 Å². The molecule has 1 aromatic heterocycles. The first kappa shape index (κ1) is 31.6. The van der Waals surface area contributed by atoms with Gasteiger partial charge in [0.15, 0.2) is 5.88 Å². The van der Waals surface area contributed by atoms with Gasteiger partial charge < -0.3 is 24.5 Å². The highest BCUT2D eigenvalue weighted by molar-refractivity contribution is 6.22. The van der Waals surface area contributed by atoms with Crippen LogP contribution in [0.4, 0.5) is 5.69 Å². The van der Waals surface area contributed by atoms with E-state index in [1.807, 2.05) is 48.2 Å². The standard InChI is InChI=1S/C35H38N4O6/c1-23-20-29-30(21-28(23)35(43)45-3)37-33(41)31(29)32(24-8-5-4-6-9-24)36-26-13-11-25(12-14-26)34(42)39-17-15-38(16-18-39)22-27(40)10-7-19-44-2/h4-6,8-9,11-14,20-21,37,41H,7,10,15-19,22H2,1-3H3. The van der Waals surface area contributed by atoms with Gasteiger partial charge in [-0.1, -0.05) is 30.3 Å². The largest absolute Gasteiger partial charge is 0.494 e. The van der Waals surface area contributed by atoms with Crippen LogP contribution >= 0.6 is 0 Å². The molecule has 3 aromatic carbocycles. The van der Waals surface area contributed by atoms with Crippen molar-refractivity contribution in [2.24, 2.45) is 4.99 Å². The van der Waals surface area contributed by atoms with E-state index in [0.29, 0.717) is 90.3 Å². The number of H-pyrrole nitrogens is 1. The maximum atomic E-state index is 13.3. The van der Waals surface area contributed by atoms with Gasteiger partial charge in [0.1, 0.15) is 5.78 Å². The number of ether oxygens (including phenoxy) is 2. The van der Waals surface area contributed by atoms with Gasteiger partial charge in [-0.2, -0.15) is 0 Å². The van der Waals surface area contributed by atoms with Crippen LogP contribution in [0.15, 0.2) is 71.7 Å². The van der Waals surface area contributed by atoms with Crippen molar-refractivity contribution in [2.75, 3.05) is 53.6 Å². The fourth-order valence-electron chi connectivity index (χ4n) is 5.61. The number of nitrogens with zero attached hydrogens (tertiary/aromatic N) is 3. The minimum atomic E-state index is -0.456. The number of piperazine rings is 1. The molecule has 10 nitrogen and oxygen atoms in total. The Morgan fingerprint density at radius 2 is 1.64 bits per heavy atom. The monoisotopic (exact) mass is 610 g/mol. The minimum absolute atomic E-state index is 0.0639. The first-order chi connectivity index (χ1) is 21.8. The van der Waals surface area contributed by atoms with Gasteiger partial charge in [-0.05, 0) is 55.3 Å². The van der Waals surface area contributed by atoms with Crippen LogP contribution in [0.5, 0.6) is 5.88 Å². The molecule has 1 aliphatic rings. The number of nitrogens with one attached hydrogen (secondary N) is 1. The third-order valence-corrected chi connectivity index (χ3v) is 8.03. The van der Waals surface area contributed by atoms with Crippen molar-refractivity contribution in [3.8, 4) is 5.88 Å². The molecule has 234 valence electrons. The third-order valence-electron chi connectivity index (χ3n) is 8.03. The highest BCUT2D eigenvalue weighted by Gasteiger charge is 2.24. The number of methoxy groups -OCH3 is 2. The van der Waals surface area contributed by atoms with Crippen molar-refractivity contribution >= 4 is 40.0 Å². The summed E-state index contributed by atoms with van der Waals surface area (Å²) in [6.07, 6.45) is 1.23. The van der Waals surface area contributed by atoms with E-state index >= 15 is 0 Å². The van der Waals surface area contributed by atoms with Gasteiger partial charge in [-0.25, -0.2) is 9.79 Å². The number of carbonyl (C=O) groups excluding carboxylic acids is 3. The van der Waals surface area contributed by atoms with E-state index in [1.165, 1.54) is 7.11 Å². The molecule has 0 radical (unpaired) electrons. The molecule has 0 unspecified atom stereocenters. The number of aromatic amines is 1. The Morgan fingerprint density at radius 3 is 2.31 bits per heavy atom. The first-order valence-corrected chi connectivity index (χ1v) is 15.0. The van der Waals surface area contributed by atoms with Crippen molar-refractivity contribution < 1.29 is 29.0 Å². The van der Waals surface area contributed by atoms with Gasteiger partial charge in [0, 0.05) is 68.3 Å². The van der Waals surface area contributed by atoms with E-state index in [4.69, 9.17) is 14.5 Å². The van der Waals surface area contributed by atoms with E-state index < -0.39 is 5.97 Å². The zero-order valence-corrected chi connectivity index (χ0v) is 25.8. The molecule has 0 atom stereocenters. The molecule has 0 saturated carbocycles. The van der Waals surface area contributed by atoms with Crippen molar-refractivity contribution in [3.05, 3.63) is 94.5 Å². The molecule has 2 heterocycles. The normalized spacial score (nSPS) is 14.1. The van der Waals surface area contributed by atoms with Crippen LogP contribution in [-0.2, 0) is 14.3 Å². The maximum absolute atomic E-state index is 13.3. The lowest BCUT2D eigenvalue weighted by atomic mass is 9.98. The van der Waals surface area contributed by atoms with E-state index in [2.05, 4.69) is 9.88 Å². The lowest BCUT2D eigenvalue weighted by molar-refractivity contribution is -0.120. The van der Waals surface area contributed by atoms with Crippen LogP contribution in [0.3, 0.4) is 0 Å². The number of esters is 1. The number of hydrogen-bond donors (Lipinski definition) is 2. The number of benzene rings is 3. The molecular weight excluding hydrogens is 572 g/mol. The summed E-state index contributed by atoms with van der Waals surface area (Å²) in [6, 6.07) is 20.1. The topological polar surface area (TPSA) is 125 Å². The Bertz CT molecular complexity index is 1700. The van der Waals surface area contributed by atoms with Crippen molar-refractivity contribution in [1.82, 2.24) is 14.8 Å². The Hall–Kier alpha value is -4.80. The maximum Gasteiger partial charge on any atom is 0.338 e. The minimum Gasteiger partial charge on any atom is -0.494 e. The van der Waals surface area contributed by atoms with Crippen LogP contribution in [0.25, 0.3) is 10.9 Å². The summed E-state index contributed by atoms with van der Waals surface area (Å²) in [5.41, 5.74) is 4.69. The fraction of sp³-hybridized carbons (Fsp3) is 0.314. The van der Waals surface area contributed by atoms with E-state index in [-0.39, 0.29) is 17.6 Å². The average Bonchev–Trinajstić information content (AvgIpc) is 3.37. The van der Waals surface area contributed by atoms with Crippen molar-refractivity contribution in [1.29, 1.82) is 0 Å². The van der Waals surface area contributed by atoms with E-state index in [9.17, 15) is 19.5 Å². The molecule has 1 fully saturated rings. The van der Waals surface area contributed by atoms with Gasteiger partial charge >= 0.3 is 5.97 Å². The summed E-state index contributed by atoms with van der Waals surface area (Å²) >= 11 is 0. The van der Waals surface area contributed by atoms with Crippen LogP contribution < -0.4 is 0 Å². The number of hydrogen-bond acceptors (Lipinski definition) is 8. The predicted molar refractivity (Wildman–Crippen MR) is 173 cm³/mol. The van der Waals surface area contributed by atoms with Crippen LogP contribution in [-0.4, -0.2) is 96.8 Å². The first-order valence-electron chi connectivity index (χ1n) is 15.0. The molecule has 45 heavy (non-hydrogen) atoms. The number of fused-ring (bicyclic) bond motifs is 1. The molecule has 0 spiro atoms. The highest BCUT2D eigenvalue weighted by atomic mass is 16.5. The molecule has 0 bridgehead atoms. The number of amides is 1. The van der Waals surface area contributed by atoms with Crippen LogP contribution in [0.2, 0.25) is 0 Å². The molecule has 5 rings (SSSR count). The molecular formula is C35H38N4O6. The number of aliphatic imine (C=N–C) groups is 1. The Morgan fingerprint density at radius 1 is 0.933 bits per heavy atom. The Balaban J connectivity index is 1.36. The van der Waals surface area contributed by atoms with Gasteiger partial charge in [-0.3, -0.25) is 14.5 Å². The summed E-state index contributed by atoms with van der Waals surface area (Å²) in [5.74, 6) is -0.398. The number of aromatic hydroxyl groups is 1. The van der Waals surface area contributed by atoms with Crippen LogP contribution in [0.1, 0.15) is 50.2 Å². The molecule has 4 aromatic rings. The lowest BCUT2D eigenvalue weighted by Gasteiger charge is -2.34. The summed E-state index contributed by atoms with van der Waals surface area (Å²) in [5, 5.41) is 11.8.